The lowest BCUT2D eigenvalue weighted by atomic mass is 10.1. The second-order valence-electron chi connectivity index (χ2n) is 5.93. The minimum atomic E-state index is -0.0395. The average molecular weight is 330 g/mol. The Labute approximate surface area is 140 Å². The molecular formula is C18H22N2O2S. The molecular weight excluding hydrogens is 308 g/mol. The summed E-state index contributed by atoms with van der Waals surface area (Å²) in [7, 11) is 0. The quantitative estimate of drug-likeness (QED) is 0.781. The second kappa shape index (κ2) is 7.62. The number of carbonyl (C=O) groups is 1. The first-order valence-corrected chi connectivity index (χ1v) is 8.91. The lowest BCUT2D eigenvalue weighted by molar-refractivity contribution is -0.123. The van der Waals surface area contributed by atoms with E-state index in [1.54, 1.807) is 11.3 Å². The zero-order chi connectivity index (χ0) is 16.1. The van der Waals surface area contributed by atoms with Crippen molar-refractivity contribution < 1.29 is 9.53 Å². The van der Waals surface area contributed by atoms with Crippen LogP contribution in [-0.2, 0) is 11.3 Å². The molecule has 1 aliphatic carbocycles. The molecule has 1 unspecified atom stereocenters. The topological polar surface area (TPSA) is 50.4 Å². The number of rotatable bonds is 8. The lowest BCUT2D eigenvalue weighted by Gasteiger charge is -2.14. The molecule has 1 fully saturated rings. The fourth-order valence-corrected chi connectivity index (χ4v) is 2.95. The van der Waals surface area contributed by atoms with E-state index in [1.165, 1.54) is 11.1 Å². The van der Waals surface area contributed by atoms with Crippen molar-refractivity contribution in [1.82, 2.24) is 10.6 Å². The Hall–Kier alpha value is -1.85. The van der Waals surface area contributed by atoms with Gasteiger partial charge in [0.25, 0.3) is 5.91 Å². The Kier molecular flexibility index (Phi) is 5.31. The Morgan fingerprint density at radius 3 is 2.74 bits per heavy atom. The van der Waals surface area contributed by atoms with Crippen LogP contribution >= 0.6 is 11.3 Å². The van der Waals surface area contributed by atoms with Crippen LogP contribution in [0.4, 0.5) is 0 Å². The van der Waals surface area contributed by atoms with Gasteiger partial charge in [0.05, 0.1) is 0 Å². The fraction of sp³-hybridized carbons (Fsp3) is 0.389. The Bertz CT molecular complexity index is 621. The molecule has 0 radical (unpaired) electrons. The highest BCUT2D eigenvalue weighted by molar-refractivity contribution is 7.07. The van der Waals surface area contributed by atoms with E-state index in [0.29, 0.717) is 6.04 Å². The molecule has 23 heavy (non-hydrogen) atoms. The highest BCUT2D eigenvalue weighted by Crippen LogP contribution is 2.20. The van der Waals surface area contributed by atoms with Gasteiger partial charge in [-0.3, -0.25) is 4.79 Å². The summed E-state index contributed by atoms with van der Waals surface area (Å²) in [4.78, 5) is 11.6. The van der Waals surface area contributed by atoms with Crippen LogP contribution in [0.5, 0.6) is 5.75 Å². The third-order valence-corrected chi connectivity index (χ3v) is 4.62. The van der Waals surface area contributed by atoms with Crippen LogP contribution in [0, 0.1) is 0 Å². The Balaban J connectivity index is 1.44. The van der Waals surface area contributed by atoms with Crippen molar-refractivity contribution in [3.05, 3.63) is 52.2 Å². The first-order valence-electron chi connectivity index (χ1n) is 7.97. The third-order valence-electron chi connectivity index (χ3n) is 3.88. The van der Waals surface area contributed by atoms with Gasteiger partial charge in [-0.25, -0.2) is 0 Å². The molecule has 1 saturated carbocycles. The zero-order valence-electron chi connectivity index (χ0n) is 13.2. The number of nitrogens with one attached hydrogen (secondary N) is 2. The zero-order valence-corrected chi connectivity index (χ0v) is 14.1. The van der Waals surface area contributed by atoms with E-state index in [-0.39, 0.29) is 18.6 Å². The molecule has 1 aromatic carbocycles. The van der Waals surface area contributed by atoms with E-state index < -0.39 is 0 Å². The molecule has 4 nitrogen and oxygen atoms in total. The van der Waals surface area contributed by atoms with Gasteiger partial charge >= 0.3 is 0 Å². The molecule has 5 heteroatoms. The first kappa shape index (κ1) is 16.0. The molecule has 3 rings (SSSR count). The minimum Gasteiger partial charge on any atom is -0.484 e. The van der Waals surface area contributed by atoms with Crippen LogP contribution in [0.1, 0.15) is 36.9 Å². The summed E-state index contributed by atoms with van der Waals surface area (Å²) in [6.07, 6.45) is 2.19. The maximum Gasteiger partial charge on any atom is 0.258 e. The summed E-state index contributed by atoms with van der Waals surface area (Å²) in [5.74, 6) is 0.687. The smallest absolute Gasteiger partial charge is 0.258 e. The van der Waals surface area contributed by atoms with Gasteiger partial charge in [-0.1, -0.05) is 12.1 Å². The Morgan fingerprint density at radius 1 is 1.30 bits per heavy atom. The highest BCUT2D eigenvalue weighted by Gasteiger charge is 2.23. The third kappa shape index (κ3) is 5.08. The molecule has 0 aliphatic heterocycles. The number of carbonyl (C=O) groups excluding carboxylic acids is 1. The van der Waals surface area contributed by atoms with Gasteiger partial charge in [-0.15, -0.1) is 0 Å². The first-order chi connectivity index (χ1) is 11.2. The molecule has 2 aromatic rings. The van der Waals surface area contributed by atoms with Gasteiger partial charge < -0.3 is 15.4 Å². The maximum absolute atomic E-state index is 11.6. The molecule has 122 valence electrons. The number of hydrogen-bond acceptors (Lipinski definition) is 4. The number of hydrogen-bond donors (Lipinski definition) is 2. The highest BCUT2D eigenvalue weighted by atomic mass is 32.1. The summed E-state index contributed by atoms with van der Waals surface area (Å²) in [6, 6.07) is 10.7. The van der Waals surface area contributed by atoms with Crippen LogP contribution < -0.4 is 15.4 Å². The largest absolute Gasteiger partial charge is 0.484 e. The summed E-state index contributed by atoms with van der Waals surface area (Å²) in [5.41, 5.74) is 2.51. The van der Waals surface area contributed by atoms with Gasteiger partial charge in [0, 0.05) is 18.6 Å². The standard InChI is InChI=1S/C18H22N2O2S/c1-13(19-10-14-8-9-23-12-14)15-2-6-17(7-3-15)22-11-18(21)20-16-4-5-16/h2-3,6-9,12-13,16,19H,4-5,10-11H2,1H3,(H,20,21). The minimum absolute atomic E-state index is 0.0395. The van der Waals surface area contributed by atoms with Crippen molar-refractivity contribution in [3.8, 4) is 5.75 Å². The average Bonchev–Trinajstić information content (AvgIpc) is 3.22. The summed E-state index contributed by atoms with van der Waals surface area (Å²) in [5, 5.41) is 10.7. The normalized spacial score (nSPS) is 15.2. The number of thiophene rings is 1. The van der Waals surface area contributed by atoms with Gasteiger partial charge in [0.2, 0.25) is 0 Å². The van der Waals surface area contributed by atoms with Crippen molar-refractivity contribution in [1.29, 1.82) is 0 Å². The number of ether oxygens (including phenoxy) is 1. The second-order valence-corrected chi connectivity index (χ2v) is 6.71. The summed E-state index contributed by atoms with van der Waals surface area (Å²) >= 11 is 1.71. The lowest BCUT2D eigenvalue weighted by Crippen LogP contribution is -2.30. The molecule has 1 heterocycles. The molecule has 0 bridgehead atoms. The summed E-state index contributed by atoms with van der Waals surface area (Å²) in [6.45, 7) is 3.09. The van der Waals surface area contributed by atoms with Gasteiger partial charge in [0.15, 0.2) is 6.61 Å². The monoisotopic (exact) mass is 330 g/mol. The van der Waals surface area contributed by atoms with Crippen LogP contribution in [0.15, 0.2) is 41.1 Å². The molecule has 0 spiro atoms. The summed E-state index contributed by atoms with van der Waals surface area (Å²) < 4.78 is 5.52. The van der Waals surface area contributed by atoms with E-state index in [9.17, 15) is 4.79 Å². The van der Waals surface area contributed by atoms with E-state index in [0.717, 1.165) is 25.1 Å². The van der Waals surface area contributed by atoms with Gasteiger partial charge in [-0.2, -0.15) is 11.3 Å². The van der Waals surface area contributed by atoms with Crippen molar-refractivity contribution in [2.45, 2.75) is 38.4 Å². The Morgan fingerprint density at radius 2 is 2.09 bits per heavy atom. The van der Waals surface area contributed by atoms with Crippen LogP contribution in [0.3, 0.4) is 0 Å². The number of benzene rings is 1. The van der Waals surface area contributed by atoms with Crippen molar-refractivity contribution >= 4 is 17.2 Å². The van der Waals surface area contributed by atoms with E-state index in [4.69, 9.17) is 4.74 Å². The van der Waals surface area contributed by atoms with Crippen LogP contribution in [-0.4, -0.2) is 18.6 Å². The maximum atomic E-state index is 11.6. The predicted octanol–water partition coefficient (Wildman–Crippen LogP) is 3.26. The van der Waals surface area contributed by atoms with Crippen LogP contribution in [0.2, 0.25) is 0 Å². The SMILES string of the molecule is CC(NCc1ccsc1)c1ccc(OCC(=O)NC2CC2)cc1. The molecule has 1 amide bonds. The van der Waals surface area contributed by atoms with Gasteiger partial charge in [0.1, 0.15) is 5.75 Å². The van der Waals surface area contributed by atoms with E-state index in [1.807, 2.05) is 24.3 Å². The van der Waals surface area contributed by atoms with E-state index >= 15 is 0 Å². The molecule has 1 aliphatic rings. The van der Waals surface area contributed by atoms with Crippen LogP contribution in [0.25, 0.3) is 0 Å². The van der Waals surface area contributed by atoms with Crippen molar-refractivity contribution in [3.63, 3.8) is 0 Å². The number of amides is 1. The fourth-order valence-electron chi connectivity index (χ4n) is 2.28. The predicted molar refractivity (Wildman–Crippen MR) is 92.7 cm³/mol. The molecule has 0 saturated heterocycles. The van der Waals surface area contributed by atoms with Crippen molar-refractivity contribution in [2.24, 2.45) is 0 Å². The molecule has 1 atom stereocenters. The molecule has 1 aromatic heterocycles. The van der Waals surface area contributed by atoms with E-state index in [2.05, 4.69) is 34.4 Å². The molecule has 2 N–H and O–H groups in total. The van der Waals surface area contributed by atoms with Crippen molar-refractivity contribution in [2.75, 3.05) is 6.61 Å². The van der Waals surface area contributed by atoms with Gasteiger partial charge in [-0.05, 0) is 59.9 Å².